The number of carbonyl (C=O) groups is 3. The summed E-state index contributed by atoms with van der Waals surface area (Å²) in [6.07, 6.45) is 66.2. The van der Waals surface area contributed by atoms with Crippen LogP contribution in [-0.2, 0) is 42.2 Å². The lowest BCUT2D eigenvalue weighted by molar-refractivity contribution is -0.161. The number of aliphatic hydroxyl groups excluding tert-OH is 1. The molecule has 0 aliphatic carbocycles. The van der Waals surface area contributed by atoms with Gasteiger partial charge < -0.3 is 24.2 Å². The van der Waals surface area contributed by atoms with E-state index in [4.69, 9.17) is 23.3 Å². The Bertz CT molecular complexity index is 1660. The molecule has 0 aromatic carbocycles. The molecule has 0 bridgehead atoms. The molecule has 0 heterocycles. The van der Waals surface area contributed by atoms with E-state index in [2.05, 4.69) is 130 Å². The van der Waals surface area contributed by atoms with Crippen molar-refractivity contribution in [2.24, 2.45) is 0 Å². The summed E-state index contributed by atoms with van der Waals surface area (Å²) in [5, 5.41) is 9.81. The van der Waals surface area contributed by atoms with Crippen LogP contribution in [-0.4, -0.2) is 66.5 Å². The number of ether oxygens (including phenoxy) is 3. The Morgan fingerprint density at radius 1 is 0.392 bits per heavy atom. The van der Waals surface area contributed by atoms with Crippen molar-refractivity contribution in [3.05, 3.63) is 109 Å². The zero-order valence-electron chi connectivity index (χ0n) is 46.5. The van der Waals surface area contributed by atoms with Crippen molar-refractivity contribution in [1.29, 1.82) is 0 Å². The van der Waals surface area contributed by atoms with E-state index >= 15 is 0 Å². The summed E-state index contributed by atoms with van der Waals surface area (Å²) >= 11 is 0. The van der Waals surface area contributed by atoms with Crippen LogP contribution in [0.4, 0.5) is 0 Å². The third-order valence-corrected chi connectivity index (χ3v) is 12.6. The number of carbonyl (C=O) groups excluding carboxylic acids is 3. The van der Waals surface area contributed by atoms with Crippen LogP contribution in [0.25, 0.3) is 0 Å². The maximum Gasteiger partial charge on any atom is 0.472 e. The molecule has 0 aromatic rings. The lowest BCUT2D eigenvalue weighted by Gasteiger charge is -2.21. The van der Waals surface area contributed by atoms with Gasteiger partial charge in [0.05, 0.1) is 19.8 Å². The maximum atomic E-state index is 12.9. The van der Waals surface area contributed by atoms with E-state index in [1.807, 2.05) is 0 Å². The van der Waals surface area contributed by atoms with Crippen molar-refractivity contribution in [2.75, 3.05) is 26.4 Å². The number of rotatable bonds is 52. The third kappa shape index (κ3) is 53.0. The van der Waals surface area contributed by atoms with E-state index in [-0.39, 0.29) is 25.9 Å². The molecule has 3 atom stereocenters. The highest BCUT2D eigenvalue weighted by Crippen LogP contribution is 2.43. The second kappa shape index (κ2) is 55.4. The number of esters is 3. The quantitative estimate of drug-likeness (QED) is 0.0197. The first-order chi connectivity index (χ1) is 36.2. The zero-order chi connectivity index (χ0) is 54.1. The molecule has 12 heteroatoms. The third-order valence-electron chi connectivity index (χ3n) is 11.7. The number of hydrogen-bond acceptors (Lipinski definition) is 10. The highest BCUT2D eigenvalue weighted by atomic mass is 31.2. The molecule has 3 unspecified atom stereocenters. The van der Waals surface area contributed by atoms with E-state index in [1.165, 1.54) is 38.5 Å². The van der Waals surface area contributed by atoms with Gasteiger partial charge in [0.1, 0.15) is 12.7 Å². The summed E-state index contributed by atoms with van der Waals surface area (Å²) in [5.41, 5.74) is 0. The topological polar surface area (TPSA) is 155 Å². The Morgan fingerprint density at radius 3 is 1.11 bits per heavy atom. The van der Waals surface area contributed by atoms with E-state index in [9.17, 15) is 28.9 Å². The molecule has 0 radical (unpaired) electrons. The predicted octanol–water partition coefficient (Wildman–Crippen LogP) is 17.0. The Kier molecular flexibility index (Phi) is 52.5. The van der Waals surface area contributed by atoms with Crippen molar-refractivity contribution in [3.8, 4) is 0 Å². The number of phosphoric acid groups is 1. The molecule has 0 saturated heterocycles. The molecular weight excluding hydrogens is 952 g/mol. The average molecular weight is 1060 g/mol. The summed E-state index contributed by atoms with van der Waals surface area (Å²) in [6.45, 7) is 4.31. The van der Waals surface area contributed by atoms with E-state index in [1.54, 1.807) is 0 Å². The smallest absolute Gasteiger partial charge is 0.462 e. The van der Waals surface area contributed by atoms with Gasteiger partial charge in [-0.3, -0.25) is 23.4 Å². The predicted molar refractivity (Wildman–Crippen MR) is 307 cm³/mol. The Hall–Kier alpha value is -3.86. The number of unbranched alkanes of at least 4 members (excludes halogenated alkanes) is 17. The SMILES string of the molecule is CC/C=C\C/C=C\C/C=C\C/C=C\CCCCC(=O)OCC(COP(=O)(O)OCC(CO)OC(=O)CCCCCCC/C=C\C/C=C\C/C=C\CC)OC(=O)CCCCCCCCC/C=C\C/C=C\CCCCC. The molecule has 0 amide bonds. The zero-order valence-corrected chi connectivity index (χ0v) is 47.4. The molecule has 11 nitrogen and oxygen atoms in total. The minimum Gasteiger partial charge on any atom is -0.462 e. The van der Waals surface area contributed by atoms with E-state index in [0.29, 0.717) is 19.3 Å². The first-order valence-electron chi connectivity index (χ1n) is 28.8. The molecule has 2 N–H and O–H groups in total. The molecule has 0 fully saturated rings. The van der Waals surface area contributed by atoms with E-state index < -0.39 is 57.8 Å². The normalized spacial score (nSPS) is 14.2. The Morgan fingerprint density at radius 2 is 0.703 bits per heavy atom. The summed E-state index contributed by atoms with van der Waals surface area (Å²) in [5.74, 6) is -1.55. The summed E-state index contributed by atoms with van der Waals surface area (Å²) < 4.78 is 39.5. The minimum absolute atomic E-state index is 0.143. The van der Waals surface area contributed by atoms with Crippen molar-refractivity contribution < 1.29 is 52.2 Å². The summed E-state index contributed by atoms with van der Waals surface area (Å²) in [4.78, 5) is 48.5. The first kappa shape index (κ1) is 70.1. The standard InChI is InChI=1S/C62H103O11P/c1-4-7-10-13-16-19-22-25-28-29-32-35-38-41-44-47-50-53-62(66)73-59(55-69-60(64)51-48-45-42-39-36-33-30-26-23-20-17-14-11-8-5-2)57-71-74(67,68)70-56-58(54-63)72-61(65)52-49-46-43-40-37-34-31-27-24-21-18-15-12-9-6-3/h8-9,11-12,16-21,25-28,30-31,36,39,58-59,63H,4-7,10,13-15,22-24,29,32-35,37-38,40-57H2,1-3H3,(H,67,68)/b11-8-,12-9-,19-16-,20-17-,21-18-,28-25-,30-26-,31-27-,39-36-. The lowest BCUT2D eigenvalue weighted by atomic mass is 10.1. The molecule has 0 aliphatic heterocycles. The Balaban J connectivity index is 4.82. The number of allylic oxidation sites excluding steroid dienone is 18. The van der Waals surface area contributed by atoms with Gasteiger partial charge in [-0.15, -0.1) is 0 Å². The average Bonchev–Trinajstić information content (AvgIpc) is 3.39. The van der Waals surface area contributed by atoms with Crippen molar-refractivity contribution in [1.82, 2.24) is 0 Å². The first-order valence-corrected chi connectivity index (χ1v) is 30.3. The summed E-state index contributed by atoms with van der Waals surface area (Å²) in [6, 6.07) is 0. The number of phosphoric ester groups is 1. The van der Waals surface area contributed by atoms with Crippen molar-refractivity contribution >= 4 is 25.7 Å². The van der Waals surface area contributed by atoms with Crippen LogP contribution in [0.2, 0.25) is 0 Å². The highest BCUT2D eigenvalue weighted by Gasteiger charge is 2.28. The van der Waals surface area contributed by atoms with Gasteiger partial charge in [0, 0.05) is 19.3 Å². The number of aliphatic hydroxyl groups is 1. The van der Waals surface area contributed by atoms with Gasteiger partial charge in [0.2, 0.25) is 0 Å². The van der Waals surface area contributed by atoms with Gasteiger partial charge in [-0.05, 0) is 122 Å². The second-order valence-electron chi connectivity index (χ2n) is 18.7. The molecular formula is C62H103O11P. The van der Waals surface area contributed by atoms with Crippen LogP contribution in [0.5, 0.6) is 0 Å². The fraction of sp³-hybridized carbons (Fsp3) is 0.661. The van der Waals surface area contributed by atoms with Crippen LogP contribution in [0, 0.1) is 0 Å². The van der Waals surface area contributed by atoms with Crippen LogP contribution >= 0.6 is 7.82 Å². The molecule has 0 aliphatic rings. The minimum atomic E-state index is -4.77. The molecule has 0 aromatic heterocycles. The van der Waals surface area contributed by atoms with Gasteiger partial charge >= 0.3 is 25.7 Å². The van der Waals surface area contributed by atoms with Crippen LogP contribution < -0.4 is 0 Å². The number of hydrogen-bond donors (Lipinski definition) is 2. The monoisotopic (exact) mass is 1050 g/mol. The van der Waals surface area contributed by atoms with Gasteiger partial charge in [0.15, 0.2) is 6.10 Å². The van der Waals surface area contributed by atoms with Crippen LogP contribution in [0.1, 0.15) is 226 Å². The van der Waals surface area contributed by atoms with E-state index in [0.717, 1.165) is 128 Å². The van der Waals surface area contributed by atoms with Gasteiger partial charge in [-0.1, -0.05) is 194 Å². The van der Waals surface area contributed by atoms with Crippen LogP contribution in [0.15, 0.2) is 109 Å². The van der Waals surface area contributed by atoms with Gasteiger partial charge in [-0.2, -0.15) is 0 Å². The molecule has 422 valence electrons. The van der Waals surface area contributed by atoms with Gasteiger partial charge in [0.25, 0.3) is 0 Å². The van der Waals surface area contributed by atoms with Crippen molar-refractivity contribution in [2.45, 2.75) is 238 Å². The summed E-state index contributed by atoms with van der Waals surface area (Å²) in [7, 11) is -4.77. The second-order valence-corrected chi connectivity index (χ2v) is 20.1. The van der Waals surface area contributed by atoms with Crippen LogP contribution in [0.3, 0.4) is 0 Å². The molecule has 0 spiro atoms. The highest BCUT2D eigenvalue weighted by molar-refractivity contribution is 7.47. The molecule has 74 heavy (non-hydrogen) atoms. The van der Waals surface area contributed by atoms with Crippen molar-refractivity contribution in [3.63, 3.8) is 0 Å². The molecule has 0 rings (SSSR count). The van der Waals surface area contributed by atoms with Gasteiger partial charge in [-0.25, -0.2) is 4.57 Å². The molecule has 0 saturated carbocycles. The fourth-order valence-corrected chi connectivity index (χ4v) is 8.12. The fourth-order valence-electron chi connectivity index (χ4n) is 7.33. The maximum absolute atomic E-state index is 12.9. The Labute approximate surface area is 450 Å². The largest absolute Gasteiger partial charge is 0.472 e. The lowest BCUT2D eigenvalue weighted by Crippen LogP contribution is -2.30.